The average molecular weight is 391 g/mol. The first-order valence-corrected chi connectivity index (χ1v) is 8.25. The van der Waals surface area contributed by atoms with Crippen molar-refractivity contribution in [3.63, 3.8) is 0 Å². The summed E-state index contributed by atoms with van der Waals surface area (Å²) < 4.78 is 2.34. The minimum absolute atomic E-state index is 0.0714. The first-order chi connectivity index (χ1) is 11.0. The van der Waals surface area contributed by atoms with Crippen molar-refractivity contribution in [2.24, 2.45) is 0 Å². The van der Waals surface area contributed by atoms with Crippen LogP contribution >= 0.6 is 27.5 Å². The van der Waals surface area contributed by atoms with E-state index in [2.05, 4.69) is 15.9 Å². The fraction of sp³-hybridized carbons (Fsp3) is 0.111. The number of hydrogen-bond donors (Lipinski definition) is 0. The van der Waals surface area contributed by atoms with Crippen LogP contribution in [0.3, 0.4) is 0 Å². The Balaban J connectivity index is 2.10. The van der Waals surface area contributed by atoms with Gasteiger partial charge in [-0.1, -0.05) is 46.6 Å². The van der Waals surface area contributed by atoms with Gasteiger partial charge in [0, 0.05) is 33.2 Å². The first-order valence-electron chi connectivity index (χ1n) is 7.08. The summed E-state index contributed by atoms with van der Waals surface area (Å²) in [6.07, 6.45) is 1.66. The van der Waals surface area contributed by atoms with E-state index in [-0.39, 0.29) is 11.3 Å². The van der Waals surface area contributed by atoms with Crippen molar-refractivity contribution < 1.29 is 4.79 Å². The number of halogens is 2. The van der Waals surface area contributed by atoms with Crippen LogP contribution in [-0.4, -0.2) is 10.2 Å². The highest BCUT2D eigenvalue weighted by Crippen LogP contribution is 2.30. The number of pyridine rings is 2. The molecule has 0 fully saturated rings. The van der Waals surface area contributed by atoms with Gasteiger partial charge in [0.1, 0.15) is 0 Å². The predicted molar refractivity (Wildman–Crippen MR) is 95.6 cm³/mol. The molecule has 23 heavy (non-hydrogen) atoms. The minimum Gasteiger partial charge on any atom is -0.293 e. The lowest BCUT2D eigenvalue weighted by Crippen LogP contribution is -2.17. The zero-order chi connectivity index (χ0) is 16.6. The van der Waals surface area contributed by atoms with Crippen LogP contribution in [0.4, 0.5) is 0 Å². The number of nitrogens with zero attached hydrogens (tertiary/aromatic N) is 1. The Labute approximate surface area is 146 Å². The number of hydrogen-bond acceptors (Lipinski definition) is 2. The molecule has 2 heterocycles. The van der Waals surface area contributed by atoms with Crippen molar-refractivity contribution in [2.45, 2.75) is 12.8 Å². The molecule has 5 heteroatoms. The van der Waals surface area contributed by atoms with E-state index in [9.17, 15) is 9.59 Å². The zero-order valence-corrected chi connectivity index (χ0v) is 14.6. The van der Waals surface area contributed by atoms with Gasteiger partial charge in [-0.15, -0.1) is 0 Å². The SMILES string of the molecule is CC(C(=O)c1ccc(=O)n2ccccc12)c1ccc(Br)cc1Cl. The van der Waals surface area contributed by atoms with Crippen molar-refractivity contribution in [3.05, 3.63) is 85.7 Å². The Morgan fingerprint density at radius 3 is 2.70 bits per heavy atom. The van der Waals surface area contributed by atoms with Crippen molar-refractivity contribution in [3.8, 4) is 0 Å². The van der Waals surface area contributed by atoms with Gasteiger partial charge in [-0.05, 0) is 35.9 Å². The van der Waals surface area contributed by atoms with Gasteiger partial charge in [0.15, 0.2) is 5.78 Å². The van der Waals surface area contributed by atoms with Crippen LogP contribution in [0.15, 0.2) is 64.0 Å². The molecular weight excluding hydrogens is 378 g/mol. The summed E-state index contributed by atoms with van der Waals surface area (Å²) in [5.74, 6) is -0.477. The molecule has 0 aliphatic carbocycles. The first kappa shape index (κ1) is 16.0. The molecule has 0 saturated heterocycles. The molecule has 0 aliphatic heterocycles. The van der Waals surface area contributed by atoms with Gasteiger partial charge < -0.3 is 0 Å². The van der Waals surface area contributed by atoms with Gasteiger partial charge in [0.2, 0.25) is 0 Å². The van der Waals surface area contributed by atoms with E-state index >= 15 is 0 Å². The molecule has 0 aliphatic rings. The van der Waals surface area contributed by atoms with E-state index in [1.165, 1.54) is 10.5 Å². The monoisotopic (exact) mass is 389 g/mol. The second kappa shape index (κ2) is 6.30. The number of aromatic nitrogens is 1. The van der Waals surface area contributed by atoms with E-state index in [0.29, 0.717) is 16.1 Å². The van der Waals surface area contributed by atoms with Crippen molar-refractivity contribution in [1.82, 2.24) is 4.40 Å². The quantitative estimate of drug-likeness (QED) is 0.608. The van der Waals surface area contributed by atoms with Crippen LogP contribution in [0.5, 0.6) is 0 Å². The van der Waals surface area contributed by atoms with Crippen molar-refractivity contribution in [1.29, 1.82) is 0 Å². The van der Waals surface area contributed by atoms with Crippen LogP contribution in [0, 0.1) is 0 Å². The Kier molecular flexibility index (Phi) is 4.37. The fourth-order valence-electron chi connectivity index (χ4n) is 2.61. The Bertz CT molecular complexity index is 965. The number of fused-ring (bicyclic) bond motifs is 1. The highest BCUT2D eigenvalue weighted by atomic mass is 79.9. The Hall–Kier alpha value is -1.91. The van der Waals surface area contributed by atoms with E-state index in [1.807, 2.05) is 25.1 Å². The normalized spacial score (nSPS) is 12.3. The second-order valence-electron chi connectivity index (χ2n) is 5.29. The molecule has 0 spiro atoms. The third kappa shape index (κ3) is 2.96. The molecule has 1 aromatic carbocycles. The molecule has 1 unspecified atom stereocenters. The van der Waals surface area contributed by atoms with Crippen molar-refractivity contribution >= 4 is 38.8 Å². The molecule has 1 atom stereocenters. The summed E-state index contributed by atoms with van der Waals surface area (Å²) in [5.41, 5.74) is 1.72. The average Bonchev–Trinajstić information content (AvgIpc) is 2.54. The van der Waals surface area contributed by atoms with Gasteiger partial charge >= 0.3 is 0 Å². The molecule has 3 rings (SSSR count). The minimum atomic E-state index is -0.405. The molecular formula is C18H13BrClNO2. The van der Waals surface area contributed by atoms with Crippen LogP contribution in [-0.2, 0) is 0 Å². The van der Waals surface area contributed by atoms with Gasteiger partial charge in [-0.3, -0.25) is 14.0 Å². The highest BCUT2D eigenvalue weighted by Gasteiger charge is 2.21. The summed E-state index contributed by atoms with van der Waals surface area (Å²) in [5, 5.41) is 0.539. The van der Waals surface area contributed by atoms with Crippen molar-refractivity contribution in [2.75, 3.05) is 0 Å². The number of Topliss-reactive ketones (excluding diaryl/α,β-unsaturated/α-hetero) is 1. The maximum Gasteiger partial charge on any atom is 0.255 e. The van der Waals surface area contributed by atoms with Gasteiger partial charge in [-0.2, -0.15) is 0 Å². The maximum absolute atomic E-state index is 12.9. The molecule has 3 aromatic rings. The lowest BCUT2D eigenvalue weighted by Gasteiger charge is -2.14. The number of ketones is 1. The summed E-state index contributed by atoms with van der Waals surface area (Å²) in [4.78, 5) is 24.8. The van der Waals surface area contributed by atoms with E-state index < -0.39 is 5.92 Å². The lowest BCUT2D eigenvalue weighted by molar-refractivity contribution is 0.0967. The maximum atomic E-state index is 12.9. The van der Waals surface area contributed by atoms with Gasteiger partial charge in [0.25, 0.3) is 5.56 Å². The summed E-state index contributed by atoms with van der Waals surface area (Å²) >= 11 is 9.62. The smallest absolute Gasteiger partial charge is 0.255 e. The number of rotatable bonds is 3. The van der Waals surface area contributed by atoms with Crippen LogP contribution in [0.25, 0.3) is 5.52 Å². The van der Waals surface area contributed by atoms with Gasteiger partial charge in [0.05, 0.1) is 5.52 Å². The Morgan fingerprint density at radius 2 is 1.96 bits per heavy atom. The van der Waals surface area contributed by atoms with Crippen LogP contribution in [0.1, 0.15) is 28.8 Å². The third-order valence-electron chi connectivity index (χ3n) is 3.85. The standard InChI is InChI=1S/C18H13BrClNO2/c1-11(13-6-5-12(19)10-15(13)20)18(23)14-7-8-17(22)21-9-3-2-4-16(14)21/h2-11H,1H3. The molecule has 0 saturated carbocycles. The topological polar surface area (TPSA) is 38.5 Å². The summed E-state index contributed by atoms with van der Waals surface area (Å²) in [6, 6.07) is 13.8. The number of carbonyl (C=O) groups is 1. The zero-order valence-electron chi connectivity index (χ0n) is 12.3. The third-order valence-corrected chi connectivity index (χ3v) is 4.67. The molecule has 0 amide bonds. The molecule has 3 nitrogen and oxygen atoms in total. The largest absolute Gasteiger partial charge is 0.293 e. The second-order valence-corrected chi connectivity index (χ2v) is 6.62. The van der Waals surface area contributed by atoms with Crippen LogP contribution < -0.4 is 5.56 Å². The van der Waals surface area contributed by atoms with E-state index in [0.717, 1.165) is 10.0 Å². The predicted octanol–water partition coefficient (Wildman–Crippen LogP) is 4.70. The lowest BCUT2D eigenvalue weighted by atomic mass is 9.92. The molecule has 0 radical (unpaired) electrons. The Morgan fingerprint density at radius 1 is 1.17 bits per heavy atom. The summed E-state index contributed by atoms with van der Waals surface area (Å²) in [7, 11) is 0. The molecule has 2 aromatic heterocycles. The fourth-order valence-corrected chi connectivity index (χ4v) is 3.45. The van der Waals surface area contributed by atoms with Crippen LogP contribution in [0.2, 0.25) is 5.02 Å². The highest BCUT2D eigenvalue weighted by molar-refractivity contribution is 9.10. The molecule has 116 valence electrons. The van der Waals surface area contributed by atoms with E-state index in [4.69, 9.17) is 11.6 Å². The number of benzene rings is 1. The van der Waals surface area contributed by atoms with Gasteiger partial charge in [-0.25, -0.2) is 0 Å². The molecule has 0 N–H and O–H groups in total. The number of carbonyl (C=O) groups excluding carboxylic acids is 1. The summed E-state index contributed by atoms with van der Waals surface area (Å²) in [6.45, 7) is 1.82. The molecule has 0 bridgehead atoms. The van der Waals surface area contributed by atoms with E-state index in [1.54, 1.807) is 30.5 Å².